The summed E-state index contributed by atoms with van der Waals surface area (Å²) in [6.07, 6.45) is 8.75. The molecule has 98 valence electrons. The lowest BCUT2D eigenvalue weighted by Crippen LogP contribution is -2.32. The van der Waals surface area contributed by atoms with E-state index in [2.05, 4.69) is 42.9 Å². The molecule has 0 saturated carbocycles. The average Bonchev–Trinajstić information content (AvgIpc) is 2.16. The summed E-state index contributed by atoms with van der Waals surface area (Å²) in [5.41, 5.74) is 1.45. The van der Waals surface area contributed by atoms with Gasteiger partial charge in [-0.2, -0.15) is 8.42 Å². The lowest BCUT2D eigenvalue weighted by molar-refractivity contribution is -0.697. The Bertz CT molecular complexity index is 386. The summed E-state index contributed by atoms with van der Waals surface area (Å²) >= 11 is 0. The van der Waals surface area contributed by atoms with E-state index in [1.165, 1.54) is 24.8 Å². The summed E-state index contributed by atoms with van der Waals surface area (Å²) in [5.74, 6) is 0. The van der Waals surface area contributed by atoms with Crippen molar-refractivity contribution in [3.8, 4) is 0 Å². The van der Waals surface area contributed by atoms with Gasteiger partial charge >= 0.3 is 0 Å². The third-order valence-corrected chi connectivity index (χ3v) is 1.94. The first-order chi connectivity index (χ1) is 7.86. The minimum absolute atomic E-state index is 0.715. The largest absolute Gasteiger partial charge is 0.286 e. The molecule has 1 aromatic heterocycles. The topological polar surface area (TPSA) is 58.2 Å². The molecule has 1 aromatic rings. The first-order valence-corrected chi connectivity index (χ1v) is 7.62. The first-order valence-electron chi connectivity index (χ1n) is 5.77. The van der Waals surface area contributed by atoms with E-state index in [1.54, 1.807) is 0 Å². The molecule has 4 nitrogen and oxygen atoms in total. The Morgan fingerprint density at radius 2 is 1.88 bits per heavy atom. The Morgan fingerprint density at radius 3 is 2.35 bits per heavy atom. The molecule has 0 fully saturated rings. The summed E-state index contributed by atoms with van der Waals surface area (Å²) in [7, 11) is -3.67. The molecule has 0 amide bonds. The van der Waals surface area contributed by atoms with Crippen LogP contribution in [0.15, 0.2) is 24.5 Å². The van der Waals surface area contributed by atoms with Crippen molar-refractivity contribution < 1.29 is 17.5 Å². The summed E-state index contributed by atoms with van der Waals surface area (Å²) in [4.78, 5) is 0. The maximum Gasteiger partial charge on any atom is 0.261 e. The molecule has 0 saturated heterocycles. The van der Waals surface area contributed by atoms with Crippen LogP contribution in [-0.4, -0.2) is 19.2 Å². The molecule has 0 bridgehead atoms. The fourth-order valence-electron chi connectivity index (χ4n) is 1.41. The van der Waals surface area contributed by atoms with Gasteiger partial charge in [0, 0.05) is 18.1 Å². The van der Waals surface area contributed by atoms with Gasteiger partial charge in [0.15, 0.2) is 12.4 Å². The number of aryl methyl sites for hydroxylation is 2. The summed E-state index contributed by atoms with van der Waals surface area (Å²) in [5, 5.41) is 0. The van der Waals surface area contributed by atoms with Crippen LogP contribution < -0.4 is 4.57 Å². The molecule has 0 aliphatic carbocycles. The van der Waals surface area contributed by atoms with Crippen LogP contribution in [0, 0.1) is 0 Å². The van der Waals surface area contributed by atoms with E-state index in [4.69, 9.17) is 4.55 Å². The van der Waals surface area contributed by atoms with Crippen molar-refractivity contribution in [2.24, 2.45) is 0 Å². The molecule has 0 spiro atoms. The molecule has 1 rings (SSSR count). The minimum Gasteiger partial charge on any atom is -0.286 e. The van der Waals surface area contributed by atoms with Gasteiger partial charge in [-0.05, 0) is 12.5 Å². The third kappa shape index (κ3) is 11.3. The molecule has 0 atom stereocenters. The molecule has 0 aliphatic heterocycles. The molecule has 0 aromatic carbocycles. The van der Waals surface area contributed by atoms with E-state index in [0.29, 0.717) is 6.26 Å². The Labute approximate surface area is 104 Å². The third-order valence-electron chi connectivity index (χ3n) is 1.94. The smallest absolute Gasteiger partial charge is 0.261 e. The van der Waals surface area contributed by atoms with Gasteiger partial charge in [-0.15, -0.1) is 0 Å². The lowest BCUT2D eigenvalue weighted by Gasteiger charge is -1.97. The van der Waals surface area contributed by atoms with Crippen LogP contribution in [0.2, 0.25) is 0 Å². The zero-order chi connectivity index (χ0) is 13.3. The summed E-state index contributed by atoms with van der Waals surface area (Å²) in [6, 6.07) is 4.34. The van der Waals surface area contributed by atoms with Crippen LogP contribution >= 0.6 is 0 Å². The SMILES string of the molecule is CCCc1ccc[n+](CCC)c1.CS(=O)(=O)O. The van der Waals surface area contributed by atoms with Gasteiger partial charge < -0.3 is 0 Å². The fraction of sp³-hybridized carbons (Fsp3) is 0.583. The zero-order valence-corrected chi connectivity index (χ0v) is 11.6. The van der Waals surface area contributed by atoms with Gasteiger partial charge in [0.05, 0.1) is 6.26 Å². The average molecular weight is 260 g/mol. The molecule has 0 radical (unpaired) electrons. The van der Waals surface area contributed by atoms with Crippen LogP contribution in [0.25, 0.3) is 0 Å². The van der Waals surface area contributed by atoms with E-state index >= 15 is 0 Å². The number of aromatic nitrogens is 1. The van der Waals surface area contributed by atoms with Crippen molar-refractivity contribution in [2.75, 3.05) is 6.26 Å². The van der Waals surface area contributed by atoms with Crippen LogP contribution in [-0.2, 0) is 23.1 Å². The van der Waals surface area contributed by atoms with E-state index in [0.717, 1.165) is 6.54 Å². The van der Waals surface area contributed by atoms with Crippen molar-refractivity contribution in [1.29, 1.82) is 0 Å². The highest BCUT2D eigenvalue weighted by atomic mass is 32.2. The van der Waals surface area contributed by atoms with Gasteiger partial charge in [0.1, 0.15) is 6.54 Å². The van der Waals surface area contributed by atoms with Crippen LogP contribution in [0.5, 0.6) is 0 Å². The van der Waals surface area contributed by atoms with Gasteiger partial charge in [0.25, 0.3) is 10.1 Å². The second kappa shape index (κ2) is 8.20. The Morgan fingerprint density at radius 1 is 1.29 bits per heavy atom. The first kappa shape index (κ1) is 16.1. The van der Waals surface area contributed by atoms with E-state index in [1.807, 2.05) is 0 Å². The quantitative estimate of drug-likeness (QED) is 0.664. The van der Waals surface area contributed by atoms with Crippen LogP contribution in [0.4, 0.5) is 0 Å². The molecule has 0 unspecified atom stereocenters. The highest BCUT2D eigenvalue weighted by Crippen LogP contribution is 1.98. The molecule has 5 heteroatoms. The van der Waals surface area contributed by atoms with Crippen molar-refractivity contribution >= 4 is 10.1 Å². The minimum atomic E-state index is -3.67. The Balaban J connectivity index is 0.000000437. The normalized spacial score (nSPS) is 10.6. The molecule has 1 heterocycles. The van der Waals surface area contributed by atoms with Crippen molar-refractivity contribution in [3.63, 3.8) is 0 Å². The second-order valence-corrected chi connectivity index (χ2v) is 5.40. The molecular weight excluding hydrogens is 238 g/mol. The van der Waals surface area contributed by atoms with Gasteiger partial charge in [0.2, 0.25) is 0 Å². The van der Waals surface area contributed by atoms with Crippen molar-refractivity contribution in [3.05, 3.63) is 30.1 Å². The number of pyridine rings is 1. The maximum absolute atomic E-state index is 9.19. The number of hydrogen-bond donors (Lipinski definition) is 1. The predicted molar refractivity (Wildman–Crippen MR) is 68.4 cm³/mol. The number of nitrogens with zero attached hydrogens (tertiary/aromatic N) is 1. The van der Waals surface area contributed by atoms with Gasteiger partial charge in [-0.25, -0.2) is 4.57 Å². The second-order valence-electron chi connectivity index (χ2n) is 3.93. The summed E-state index contributed by atoms with van der Waals surface area (Å²) < 4.78 is 28.1. The molecule has 1 N–H and O–H groups in total. The highest BCUT2D eigenvalue weighted by molar-refractivity contribution is 7.85. The fourth-order valence-corrected chi connectivity index (χ4v) is 1.41. The predicted octanol–water partition coefficient (Wildman–Crippen LogP) is 1.84. The lowest BCUT2D eigenvalue weighted by atomic mass is 10.2. The van der Waals surface area contributed by atoms with Crippen molar-refractivity contribution in [1.82, 2.24) is 0 Å². The van der Waals surface area contributed by atoms with Gasteiger partial charge in [-0.1, -0.05) is 20.3 Å². The van der Waals surface area contributed by atoms with E-state index in [-0.39, 0.29) is 0 Å². The summed E-state index contributed by atoms with van der Waals surface area (Å²) in [6.45, 7) is 5.56. The standard InChI is InChI=1S/C11H18N.CH4O3S/c1-3-6-11-7-5-9-12(10-11)8-4-2;1-5(2,3)4/h5,7,9-10H,3-4,6,8H2,1-2H3;1H3,(H,2,3,4)/q+1;. The Hall–Kier alpha value is -0.940. The molecule has 0 aliphatic rings. The zero-order valence-electron chi connectivity index (χ0n) is 10.8. The van der Waals surface area contributed by atoms with Gasteiger partial charge in [-0.3, -0.25) is 4.55 Å². The monoisotopic (exact) mass is 260 g/mol. The highest BCUT2D eigenvalue weighted by Gasteiger charge is 1.99. The van der Waals surface area contributed by atoms with E-state index in [9.17, 15) is 8.42 Å². The number of hydrogen-bond acceptors (Lipinski definition) is 2. The molecular formula is C12H22NO3S+. The van der Waals surface area contributed by atoms with Crippen molar-refractivity contribution in [2.45, 2.75) is 39.7 Å². The Kier molecular flexibility index (Phi) is 7.74. The number of rotatable bonds is 4. The maximum atomic E-state index is 9.19. The van der Waals surface area contributed by atoms with E-state index < -0.39 is 10.1 Å². The van der Waals surface area contributed by atoms with Crippen LogP contribution in [0.3, 0.4) is 0 Å². The molecule has 17 heavy (non-hydrogen) atoms. The van der Waals surface area contributed by atoms with Crippen LogP contribution in [0.1, 0.15) is 32.3 Å².